The molecular formula is C23H27F2N3O5. The van der Waals surface area contributed by atoms with Crippen molar-refractivity contribution in [2.75, 3.05) is 18.5 Å². The van der Waals surface area contributed by atoms with Crippen LogP contribution in [0.15, 0.2) is 36.5 Å². The van der Waals surface area contributed by atoms with Gasteiger partial charge in [-0.2, -0.15) is 4.39 Å². The summed E-state index contributed by atoms with van der Waals surface area (Å²) in [6, 6.07) is 6.97. The monoisotopic (exact) mass is 463 g/mol. The molecule has 2 saturated heterocycles. The van der Waals surface area contributed by atoms with Crippen molar-refractivity contribution in [1.82, 2.24) is 4.98 Å². The van der Waals surface area contributed by atoms with Gasteiger partial charge in [-0.1, -0.05) is 6.07 Å². The van der Waals surface area contributed by atoms with Crippen molar-refractivity contribution in [3.8, 4) is 5.75 Å². The predicted octanol–water partition coefficient (Wildman–Crippen LogP) is 3.06. The van der Waals surface area contributed by atoms with E-state index in [2.05, 4.69) is 10.3 Å². The minimum absolute atomic E-state index is 0.0330. The topological polar surface area (TPSA) is 113 Å². The number of pyridine rings is 1. The number of primary amides is 1. The number of benzene rings is 1. The van der Waals surface area contributed by atoms with Crippen LogP contribution in [0.3, 0.4) is 0 Å². The molecule has 1 aromatic heterocycles. The van der Waals surface area contributed by atoms with E-state index in [9.17, 15) is 18.4 Å². The Morgan fingerprint density at radius 2 is 2.00 bits per heavy atom. The third kappa shape index (κ3) is 6.69. The number of halogens is 2. The van der Waals surface area contributed by atoms with Crippen LogP contribution in [-0.4, -0.2) is 48.3 Å². The van der Waals surface area contributed by atoms with Crippen LogP contribution in [0.5, 0.6) is 5.75 Å². The summed E-state index contributed by atoms with van der Waals surface area (Å²) in [4.78, 5) is 26.6. The Labute approximate surface area is 190 Å². The minimum atomic E-state index is -0.926. The zero-order chi connectivity index (χ0) is 24.0. The zero-order valence-corrected chi connectivity index (χ0v) is 18.4. The molecule has 2 amide bonds. The molecule has 178 valence electrons. The van der Waals surface area contributed by atoms with Gasteiger partial charge in [-0.15, -0.1) is 0 Å². The highest BCUT2D eigenvalue weighted by atomic mass is 19.2. The van der Waals surface area contributed by atoms with Crippen molar-refractivity contribution in [3.05, 3.63) is 53.9 Å². The van der Waals surface area contributed by atoms with Crippen molar-refractivity contribution in [1.29, 1.82) is 0 Å². The Hall–Kier alpha value is -3.11. The normalized spacial score (nSPS) is 20.7. The lowest BCUT2D eigenvalue weighted by atomic mass is 10.0. The van der Waals surface area contributed by atoms with Crippen molar-refractivity contribution in [2.24, 2.45) is 11.7 Å². The number of amides is 2. The zero-order valence-electron chi connectivity index (χ0n) is 18.4. The lowest BCUT2D eigenvalue weighted by Gasteiger charge is -2.31. The number of nitrogens with two attached hydrogens (primary N) is 1. The summed E-state index contributed by atoms with van der Waals surface area (Å²) in [6.45, 7) is 5.01. The number of carbonyl (C=O) groups excluding carboxylic acids is 2. The Balaban J connectivity index is 0.000000189. The molecule has 2 fully saturated rings. The molecule has 4 rings (SSSR count). The van der Waals surface area contributed by atoms with E-state index in [-0.39, 0.29) is 35.5 Å². The number of hydrogen-bond acceptors (Lipinski definition) is 6. The van der Waals surface area contributed by atoms with E-state index in [4.69, 9.17) is 19.9 Å². The molecule has 0 radical (unpaired) electrons. The molecule has 3 heterocycles. The Bertz CT molecular complexity index is 986. The summed E-state index contributed by atoms with van der Waals surface area (Å²) < 4.78 is 41.9. The lowest BCUT2D eigenvalue weighted by molar-refractivity contribution is -0.126. The highest BCUT2D eigenvalue weighted by Gasteiger charge is 2.28. The summed E-state index contributed by atoms with van der Waals surface area (Å²) in [5.74, 6) is -2.41. The van der Waals surface area contributed by atoms with Crippen LogP contribution >= 0.6 is 0 Å². The van der Waals surface area contributed by atoms with E-state index in [1.165, 1.54) is 24.4 Å². The number of rotatable bonds is 6. The van der Waals surface area contributed by atoms with E-state index < -0.39 is 23.6 Å². The van der Waals surface area contributed by atoms with Crippen molar-refractivity contribution < 1.29 is 32.6 Å². The van der Waals surface area contributed by atoms with E-state index in [1.54, 1.807) is 6.07 Å². The van der Waals surface area contributed by atoms with E-state index in [0.29, 0.717) is 25.3 Å². The fourth-order valence-electron chi connectivity index (χ4n) is 3.26. The molecule has 10 heteroatoms. The number of nitrogens with one attached hydrogen (secondary N) is 1. The van der Waals surface area contributed by atoms with Gasteiger partial charge in [0.15, 0.2) is 11.6 Å². The number of hydrogen-bond donors (Lipinski definition) is 2. The standard InChI is InChI=1S/C12H15N3O3.C11H12F2O2/c1-7-2-3-10(18-7)12(17)15-8-4-5-14-9(6-8)11(13)16;1-7(8-5-14-6-8)15-10-4-2-3-9(12)11(10)13/h4-7,10H,2-3H2,1H3,(H2,13,16)(H,14,15,17);2-4,7-8H,5-6H2,1H3. The molecule has 3 unspecified atom stereocenters. The van der Waals surface area contributed by atoms with Gasteiger partial charge < -0.3 is 25.3 Å². The van der Waals surface area contributed by atoms with Crippen LogP contribution in [0.25, 0.3) is 0 Å². The maximum absolute atomic E-state index is 13.2. The highest BCUT2D eigenvalue weighted by Crippen LogP contribution is 2.24. The fraction of sp³-hybridized carbons (Fsp3) is 0.435. The molecular weight excluding hydrogens is 436 g/mol. The van der Waals surface area contributed by atoms with Crippen molar-refractivity contribution in [2.45, 2.75) is 45.0 Å². The minimum Gasteiger partial charge on any atom is -0.487 e. The van der Waals surface area contributed by atoms with Gasteiger partial charge in [-0.05, 0) is 51.0 Å². The summed E-state index contributed by atoms with van der Waals surface area (Å²) in [6.07, 6.45) is 2.54. The smallest absolute Gasteiger partial charge is 0.267 e. The van der Waals surface area contributed by atoms with E-state index >= 15 is 0 Å². The third-order valence-electron chi connectivity index (χ3n) is 5.36. The predicted molar refractivity (Wildman–Crippen MR) is 116 cm³/mol. The number of anilines is 1. The average molecular weight is 463 g/mol. The Kier molecular flexibility index (Phi) is 8.29. The molecule has 0 aliphatic carbocycles. The molecule has 33 heavy (non-hydrogen) atoms. The molecule has 1 aromatic carbocycles. The van der Waals surface area contributed by atoms with Crippen LogP contribution in [0.1, 0.15) is 37.2 Å². The molecule has 2 aliphatic rings. The molecule has 0 bridgehead atoms. The number of ether oxygens (including phenoxy) is 3. The van der Waals surface area contributed by atoms with Crippen LogP contribution in [-0.2, 0) is 14.3 Å². The largest absolute Gasteiger partial charge is 0.487 e. The van der Waals surface area contributed by atoms with Gasteiger partial charge in [0.1, 0.15) is 17.9 Å². The maximum Gasteiger partial charge on any atom is 0.267 e. The number of aromatic nitrogens is 1. The highest BCUT2D eigenvalue weighted by molar-refractivity contribution is 5.96. The van der Waals surface area contributed by atoms with Crippen molar-refractivity contribution in [3.63, 3.8) is 0 Å². The van der Waals surface area contributed by atoms with Gasteiger partial charge in [-0.25, -0.2) is 4.39 Å². The molecule has 3 N–H and O–H groups in total. The van der Waals surface area contributed by atoms with Gasteiger partial charge in [0.05, 0.1) is 19.3 Å². The summed E-state index contributed by atoms with van der Waals surface area (Å²) in [5, 5.41) is 2.69. The van der Waals surface area contributed by atoms with Crippen LogP contribution in [0.2, 0.25) is 0 Å². The molecule has 2 aliphatic heterocycles. The molecule has 8 nitrogen and oxygen atoms in total. The molecule has 0 saturated carbocycles. The lowest BCUT2D eigenvalue weighted by Crippen LogP contribution is -2.39. The average Bonchev–Trinajstić information content (AvgIpc) is 3.17. The first-order chi connectivity index (χ1) is 15.7. The fourth-order valence-corrected chi connectivity index (χ4v) is 3.26. The SMILES string of the molecule is CC(Oc1cccc(F)c1F)C1COC1.CC1CCC(C(=O)Nc2ccnc(C(N)=O)c2)O1. The van der Waals surface area contributed by atoms with Gasteiger partial charge >= 0.3 is 0 Å². The van der Waals surface area contributed by atoms with E-state index in [1.807, 2.05) is 13.8 Å². The maximum atomic E-state index is 13.2. The first kappa shape index (κ1) is 24.5. The Morgan fingerprint density at radius 1 is 1.24 bits per heavy atom. The second-order valence-electron chi connectivity index (χ2n) is 7.97. The van der Waals surface area contributed by atoms with Gasteiger partial charge in [0.25, 0.3) is 11.8 Å². The number of carbonyl (C=O) groups is 2. The van der Waals surface area contributed by atoms with Crippen LogP contribution in [0.4, 0.5) is 14.5 Å². The van der Waals surface area contributed by atoms with Crippen LogP contribution < -0.4 is 15.8 Å². The van der Waals surface area contributed by atoms with Gasteiger partial charge in [-0.3, -0.25) is 14.6 Å². The molecule has 2 aromatic rings. The van der Waals surface area contributed by atoms with Crippen LogP contribution in [0, 0.1) is 17.6 Å². The van der Waals surface area contributed by atoms with E-state index in [0.717, 1.165) is 12.5 Å². The molecule has 0 spiro atoms. The second-order valence-corrected chi connectivity index (χ2v) is 7.97. The Morgan fingerprint density at radius 3 is 2.61 bits per heavy atom. The number of nitrogens with zero attached hydrogens (tertiary/aromatic N) is 1. The van der Waals surface area contributed by atoms with Gasteiger partial charge in [0.2, 0.25) is 5.82 Å². The van der Waals surface area contributed by atoms with Gasteiger partial charge in [0, 0.05) is 17.8 Å². The first-order valence-electron chi connectivity index (χ1n) is 10.6. The summed E-state index contributed by atoms with van der Waals surface area (Å²) in [5.41, 5.74) is 5.73. The summed E-state index contributed by atoms with van der Waals surface area (Å²) >= 11 is 0. The second kappa shape index (κ2) is 11.2. The summed E-state index contributed by atoms with van der Waals surface area (Å²) in [7, 11) is 0. The molecule has 3 atom stereocenters. The first-order valence-corrected chi connectivity index (χ1v) is 10.6. The van der Waals surface area contributed by atoms with Crippen molar-refractivity contribution >= 4 is 17.5 Å². The third-order valence-corrected chi connectivity index (χ3v) is 5.36. The quantitative estimate of drug-likeness (QED) is 0.681.